The van der Waals surface area contributed by atoms with Gasteiger partial charge in [0.05, 0.1) is 12.3 Å². The second-order valence-electron chi connectivity index (χ2n) is 7.59. The van der Waals surface area contributed by atoms with Crippen LogP contribution in [0.15, 0.2) is 40.8 Å². The average Bonchev–Trinajstić information content (AvgIpc) is 3.02. The molecule has 1 aromatic carbocycles. The Morgan fingerprint density at radius 2 is 1.86 bits per heavy atom. The normalized spacial score (nSPS) is 14.7. The van der Waals surface area contributed by atoms with Gasteiger partial charge in [-0.1, -0.05) is 36.8 Å². The SMILES string of the molecule is CN(C)Cc1cc2c(o1)CCN(S(=O)(=O)CCCCCc1ccccc1)C2.Cl. The Labute approximate surface area is 175 Å². The molecule has 0 aliphatic carbocycles. The summed E-state index contributed by atoms with van der Waals surface area (Å²) in [6.45, 7) is 1.70. The number of halogens is 1. The highest BCUT2D eigenvalue weighted by Crippen LogP contribution is 2.25. The van der Waals surface area contributed by atoms with Crippen molar-refractivity contribution in [1.82, 2.24) is 9.21 Å². The summed E-state index contributed by atoms with van der Waals surface area (Å²) >= 11 is 0. The molecule has 0 unspecified atom stereocenters. The van der Waals surface area contributed by atoms with Crippen molar-refractivity contribution in [3.63, 3.8) is 0 Å². The van der Waals surface area contributed by atoms with Crippen LogP contribution < -0.4 is 0 Å². The van der Waals surface area contributed by atoms with Crippen LogP contribution in [0.2, 0.25) is 0 Å². The van der Waals surface area contributed by atoms with Crippen molar-refractivity contribution in [2.45, 2.75) is 45.2 Å². The van der Waals surface area contributed by atoms with E-state index in [0.717, 1.165) is 49.3 Å². The monoisotopic (exact) mass is 426 g/mol. The van der Waals surface area contributed by atoms with E-state index in [0.29, 0.717) is 19.5 Å². The first kappa shape index (κ1) is 22.9. The van der Waals surface area contributed by atoms with Crippen LogP contribution in [0, 0.1) is 0 Å². The van der Waals surface area contributed by atoms with Crippen LogP contribution in [0.4, 0.5) is 0 Å². The Bertz CT molecular complexity index is 835. The first-order valence-electron chi connectivity index (χ1n) is 9.71. The number of nitrogens with zero attached hydrogens (tertiary/aromatic N) is 2. The molecule has 156 valence electrons. The van der Waals surface area contributed by atoms with E-state index in [1.807, 2.05) is 43.3 Å². The Balaban J connectivity index is 0.00000280. The molecule has 0 saturated heterocycles. The summed E-state index contributed by atoms with van der Waals surface area (Å²) in [6.07, 6.45) is 4.36. The molecular weight excluding hydrogens is 396 g/mol. The number of fused-ring (bicyclic) bond motifs is 1. The van der Waals surface area contributed by atoms with Crippen molar-refractivity contribution in [3.8, 4) is 0 Å². The van der Waals surface area contributed by atoms with Crippen molar-refractivity contribution < 1.29 is 12.8 Å². The van der Waals surface area contributed by atoms with E-state index in [4.69, 9.17) is 4.42 Å². The molecule has 0 N–H and O–H groups in total. The fraction of sp³-hybridized carbons (Fsp3) is 0.524. The number of aryl methyl sites for hydroxylation is 1. The molecule has 0 atom stereocenters. The van der Waals surface area contributed by atoms with E-state index in [1.54, 1.807) is 4.31 Å². The van der Waals surface area contributed by atoms with Gasteiger partial charge in [-0.15, -0.1) is 12.4 Å². The lowest BCUT2D eigenvalue weighted by Gasteiger charge is -2.25. The summed E-state index contributed by atoms with van der Waals surface area (Å²) in [7, 11) is 0.789. The molecule has 1 aliphatic heterocycles. The lowest BCUT2D eigenvalue weighted by molar-refractivity contribution is 0.324. The van der Waals surface area contributed by atoms with Crippen molar-refractivity contribution in [2.24, 2.45) is 0 Å². The lowest BCUT2D eigenvalue weighted by Crippen LogP contribution is -2.37. The van der Waals surface area contributed by atoms with Crippen molar-refractivity contribution in [1.29, 1.82) is 0 Å². The van der Waals surface area contributed by atoms with Crippen molar-refractivity contribution >= 4 is 22.4 Å². The van der Waals surface area contributed by atoms with Crippen molar-refractivity contribution in [2.75, 3.05) is 26.4 Å². The molecule has 0 bridgehead atoms. The van der Waals surface area contributed by atoms with E-state index < -0.39 is 10.0 Å². The molecule has 0 fully saturated rings. The van der Waals surface area contributed by atoms with Gasteiger partial charge < -0.3 is 9.32 Å². The van der Waals surface area contributed by atoms with Gasteiger partial charge in [-0.05, 0) is 45.0 Å². The minimum atomic E-state index is -3.20. The van der Waals surface area contributed by atoms with Crippen LogP contribution >= 0.6 is 12.4 Å². The number of furan rings is 1. The van der Waals surface area contributed by atoms with E-state index in [-0.39, 0.29) is 18.2 Å². The molecule has 0 radical (unpaired) electrons. The second-order valence-corrected chi connectivity index (χ2v) is 9.68. The first-order chi connectivity index (χ1) is 12.9. The molecular formula is C21H31ClN2O3S. The zero-order valence-electron chi connectivity index (χ0n) is 16.8. The summed E-state index contributed by atoms with van der Waals surface area (Å²) in [5, 5.41) is 0. The van der Waals surface area contributed by atoms with Gasteiger partial charge in [0.15, 0.2) is 0 Å². The summed E-state index contributed by atoms with van der Waals surface area (Å²) in [4.78, 5) is 2.05. The highest BCUT2D eigenvalue weighted by molar-refractivity contribution is 7.89. The largest absolute Gasteiger partial charge is 0.464 e. The van der Waals surface area contributed by atoms with Crippen LogP contribution in [0.1, 0.15) is 41.9 Å². The number of hydrogen-bond acceptors (Lipinski definition) is 4. The summed E-state index contributed by atoms with van der Waals surface area (Å²) in [5.74, 6) is 2.09. The van der Waals surface area contributed by atoms with Crippen LogP contribution in [-0.4, -0.2) is 44.0 Å². The molecule has 0 spiro atoms. The van der Waals surface area contributed by atoms with Gasteiger partial charge >= 0.3 is 0 Å². The predicted octanol–water partition coefficient (Wildman–Crippen LogP) is 3.86. The second kappa shape index (κ2) is 10.4. The molecule has 2 heterocycles. The molecule has 0 saturated carbocycles. The van der Waals surface area contributed by atoms with Gasteiger partial charge in [0.2, 0.25) is 10.0 Å². The van der Waals surface area contributed by atoms with Crippen molar-refractivity contribution in [3.05, 3.63) is 59.0 Å². The third kappa shape index (κ3) is 6.34. The van der Waals surface area contributed by atoms with Crippen LogP contribution in [0.5, 0.6) is 0 Å². The fourth-order valence-electron chi connectivity index (χ4n) is 3.56. The molecule has 7 heteroatoms. The third-order valence-electron chi connectivity index (χ3n) is 4.96. The van der Waals surface area contributed by atoms with E-state index in [1.165, 1.54) is 5.56 Å². The van der Waals surface area contributed by atoms with Gasteiger partial charge in [-0.2, -0.15) is 4.31 Å². The fourth-order valence-corrected chi connectivity index (χ4v) is 5.09. The standard InChI is InChI=1S/C21H30N2O3S.ClH/c1-22(2)17-20-15-19-16-23(13-12-21(19)26-20)27(24,25)14-8-4-7-11-18-9-5-3-6-10-18;/h3,5-6,9-10,15H,4,7-8,11-14,16-17H2,1-2H3;1H. The molecule has 28 heavy (non-hydrogen) atoms. The third-order valence-corrected chi connectivity index (χ3v) is 6.86. The molecule has 3 rings (SSSR count). The Morgan fingerprint density at radius 1 is 1.11 bits per heavy atom. The predicted molar refractivity (Wildman–Crippen MR) is 115 cm³/mol. The first-order valence-corrected chi connectivity index (χ1v) is 11.3. The zero-order valence-corrected chi connectivity index (χ0v) is 18.4. The van der Waals surface area contributed by atoms with Gasteiger partial charge in [-0.3, -0.25) is 0 Å². The average molecular weight is 427 g/mol. The van der Waals surface area contributed by atoms with E-state index in [9.17, 15) is 8.42 Å². The smallest absolute Gasteiger partial charge is 0.214 e. The Morgan fingerprint density at radius 3 is 2.57 bits per heavy atom. The molecule has 0 amide bonds. The minimum Gasteiger partial charge on any atom is -0.464 e. The summed E-state index contributed by atoms with van der Waals surface area (Å²) in [6, 6.07) is 12.4. The van der Waals surface area contributed by atoms with Crippen LogP contribution in [0.25, 0.3) is 0 Å². The van der Waals surface area contributed by atoms with Crippen LogP contribution in [-0.2, 0) is 36.0 Å². The van der Waals surface area contributed by atoms with E-state index in [2.05, 4.69) is 12.1 Å². The molecule has 5 nitrogen and oxygen atoms in total. The maximum Gasteiger partial charge on any atom is 0.214 e. The van der Waals surface area contributed by atoms with Gasteiger partial charge in [0.25, 0.3) is 0 Å². The number of unbranched alkanes of at least 4 members (excludes halogenated alkanes) is 2. The van der Waals surface area contributed by atoms with E-state index >= 15 is 0 Å². The van der Waals surface area contributed by atoms with Gasteiger partial charge in [0, 0.05) is 25.1 Å². The lowest BCUT2D eigenvalue weighted by atomic mass is 10.1. The summed E-state index contributed by atoms with van der Waals surface area (Å²) in [5.41, 5.74) is 2.34. The highest BCUT2D eigenvalue weighted by atomic mass is 35.5. The minimum absolute atomic E-state index is 0. The quantitative estimate of drug-likeness (QED) is 0.571. The highest BCUT2D eigenvalue weighted by Gasteiger charge is 2.28. The molecule has 2 aromatic rings. The number of sulfonamides is 1. The Hall–Kier alpha value is -1.34. The van der Waals surface area contributed by atoms with Gasteiger partial charge in [0.1, 0.15) is 11.5 Å². The van der Waals surface area contributed by atoms with Gasteiger partial charge in [-0.25, -0.2) is 8.42 Å². The number of hydrogen-bond donors (Lipinski definition) is 0. The topological polar surface area (TPSA) is 53.8 Å². The number of benzene rings is 1. The maximum absolute atomic E-state index is 12.7. The zero-order chi connectivity index (χ0) is 19.3. The molecule has 1 aromatic heterocycles. The maximum atomic E-state index is 12.7. The van der Waals surface area contributed by atoms with Crippen LogP contribution in [0.3, 0.4) is 0 Å². The Kier molecular flexibility index (Phi) is 8.56. The number of rotatable bonds is 9. The molecule has 1 aliphatic rings. The summed E-state index contributed by atoms with van der Waals surface area (Å²) < 4.78 is 32.9.